The number of carbonyl (C=O) groups excluding carboxylic acids is 2. The summed E-state index contributed by atoms with van der Waals surface area (Å²) in [6.45, 7) is 3.30. The third-order valence-electron chi connectivity index (χ3n) is 5.28. The molecule has 0 bridgehead atoms. The van der Waals surface area contributed by atoms with E-state index in [0.29, 0.717) is 12.0 Å². The summed E-state index contributed by atoms with van der Waals surface area (Å²) >= 11 is 0. The number of benzene rings is 2. The third-order valence-corrected chi connectivity index (χ3v) is 5.28. The molecule has 1 unspecified atom stereocenters. The van der Waals surface area contributed by atoms with Gasteiger partial charge in [-0.15, -0.1) is 0 Å². The molecule has 28 heavy (non-hydrogen) atoms. The number of rotatable bonds is 3. The van der Waals surface area contributed by atoms with E-state index in [0.717, 1.165) is 5.56 Å². The quantitative estimate of drug-likeness (QED) is 0.836. The van der Waals surface area contributed by atoms with Gasteiger partial charge in [-0.2, -0.15) is 5.26 Å². The second-order valence-corrected chi connectivity index (χ2v) is 7.03. The Balaban J connectivity index is 2.02. The number of nitrogens with zero attached hydrogens (tertiary/aromatic N) is 2. The fourth-order valence-electron chi connectivity index (χ4n) is 3.38. The lowest BCUT2D eigenvalue weighted by Gasteiger charge is -2.42. The Bertz CT molecular complexity index is 1020. The molecular weight excluding hydrogens is 357 g/mol. The molecule has 1 aliphatic heterocycles. The standard InChI is InChI=1S/C22H20FN3O2/c1-14(16-10-7-11-18(23)17(16)13-24)19-20(27)26(3)22(2,21(28)25-19)12-15-8-5-4-6-9-15/h4-11H,12H2,1-3H3,(H,25,28). The van der Waals surface area contributed by atoms with Gasteiger partial charge in [-0.05, 0) is 31.1 Å². The molecule has 1 N–H and O–H groups in total. The van der Waals surface area contributed by atoms with Crippen LogP contribution in [0.4, 0.5) is 4.39 Å². The molecule has 1 fully saturated rings. The van der Waals surface area contributed by atoms with Crippen molar-refractivity contribution >= 4 is 17.4 Å². The van der Waals surface area contributed by atoms with Crippen LogP contribution in [0.25, 0.3) is 5.57 Å². The SMILES string of the molecule is CC(=C1NC(=O)C(C)(Cc2ccccc2)N(C)C1=O)c1cccc(F)c1C#N. The maximum Gasteiger partial charge on any atom is 0.271 e. The van der Waals surface area contributed by atoms with Gasteiger partial charge >= 0.3 is 0 Å². The molecular formula is C22H20FN3O2. The van der Waals surface area contributed by atoms with Crippen molar-refractivity contribution in [1.82, 2.24) is 10.2 Å². The van der Waals surface area contributed by atoms with Crippen molar-refractivity contribution in [3.63, 3.8) is 0 Å². The molecule has 0 aromatic heterocycles. The number of nitriles is 1. The van der Waals surface area contributed by atoms with E-state index in [2.05, 4.69) is 5.32 Å². The zero-order valence-corrected chi connectivity index (χ0v) is 15.9. The summed E-state index contributed by atoms with van der Waals surface area (Å²) in [5.41, 5.74) is 0.396. The fourth-order valence-corrected chi connectivity index (χ4v) is 3.38. The first-order chi connectivity index (χ1) is 13.3. The summed E-state index contributed by atoms with van der Waals surface area (Å²) in [5.74, 6) is -1.39. The molecule has 1 heterocycles. The minimum Gasteiger partial charge on any atom is -0.326 e. The highest BCUT2D eigenvalue weighted by atomic mass is 19.1. The van der Waals surface area contributed by atoms with Crippen LogP contribution in [0.1, 0.15) is 30.5 Å². The number of allylic oxidation sites excluding steroid dienone is 1. The summed E-state index contributed by atoms with van der Waals surface area (Å²) in [6.07, 6.45) is 0.359. The second kappa shape index (κ2) is 7.28. The van der Waals surface area contributed by atoms with E-state index < -0.39 is 11.4 Å². The number of hydrogen-bond acceptors (Lipinski definition) is 3. The Labute approximate surface area is 163 Å². The summed E-state index contributed by atoms with van der Waals surface area (Å²) in [4.78, 5) is 27.4. The summed E-state index contributed by atoms with van der Waals surface area (Å²) in [6, 6.07) is 15.5. The van der Waals surface area contributed by atoms with Crippen LogP contribution in [0.3, 0.4) is 0 Å². The van der Waals surface area contributed by atoms with Gasteiger partial charge in [-0.1, -0.05) is 42.5 Å². The van der Waals surface area contributed by atoms with Gasteiger partial charge in [-0.3, -0.25) is 9.59 Å². The number of nitrogens with one attached hydrogen (secondary N) is 1. The molecule has 1 aliphatic rings. The van der Waals surface area contributed by atoms with Gasteiger partial charge in [0.15, 0.2) is 0 Å². The Kier molecular flexibility index (Phi) is 5.02. The number of amides is 2. The maximum atomic E-state index is 14.0. The van der Waals surface area contributed by atoms with E-state index in [1.165, 1.54) is 17.0 Å². The summed E-state index contributed by atoms with van der Waals surface area (Å²) in [5, 5.41) is 12.0. The highest BCUT2D eigenvalue weighted by molar-refractivity contribution is 6.10. The number of hydrogen-bond donors (Lipinski definition) is 1. The van der Waals surface area contributed by atoms with Gasteiger partial charge in [0.2, 0.25) is 0 Å². The highest BCUT2D eigenvalue weighted by Gasteiger charge is 2.46. The zero-order chi connectivity index (χ0) is 20.5. The average Bonchev–Trinajstić information content (AvgIpc) is 2.69. The summed E-state index contributed by atoms with van der Waals surface area (Å²) in [7, 11) is 1.58. The largest absolute Gasteiger partial charge is 0.326 e. The van der Waals surface area contributed by atoms with Crippen molar-refractivity contribution < 1.29 is 14.0 Å². The second-order valence-electron chi connectivity index (χ2n) is 7.03. The lowest BCUT2D eigenvalue weighted by Crippen LogP contribution is -2.64. The van der Waals surface area contributed by atoms with Crippen LogP contribution in [0.15, 0.2) is 54.2 Å². The molecule has 5 nitrogen and oxygen atoms in total. The van der Waals surface area contributed by atoms with Crippen molar-refractivity contribution in [1.29, 1.82) is 5.26 Å². The minimum absolute atomic E-state index is 0.0557. The number of likely N-dealkylation sites (N-methyl/N-ethyl adjacent to an activating group) is 1. The van der Waals surface area contributed by atoms with Crippen molar-refractivity contribution in [3.8, 4) is 6.07 Å². The first-order valence-corrected chi connectivity index (χ1v) is 8.83. The van der Waals surface area contributed by atoms with Crippen LogP contribution in [0.2, 0.25) is 0 Å². The lowest BCUT2D eigenvalue weighted by molar-refractivity contribution is -0.147. The van der Waals surface area contributed by atoms with Crippen molar-refractivity contribution in [2.45, 2.75) is 25.8 Å². The number of carbonyl (C=O) groups is 2. The van der Waals surface area contributed by atoms with Crippen LogP contribution in [0, 0.1) is 17.1 Å². The molecule has 2 aromatic carbocycles. The predicted octanol–water partition coefficient (Wildman–Crippen LogP) is 3.02. The van der Waals surface area contributed by atoms with Crippen LogP contribution in [0.5, 0.6) is 0 Å². The normalized spacial score (nSPS) is 21.2. The molecule has 0 saturated carbocycles. The Morgan fingerprint density at radius 1 is 1.18 bits per heavy atom. The molecule has 0 radical (unpaired) electrons. The maximum absolute atomic E-state index is 14.0. The molecule has 3 rings (SSSR count). The molecule has 2 aromatic rings. The predicted molar refractivity (Wildman–Crippen MR) is 103 cm³/mol. The van der Waals surface area contributed by atoms with Crippen LogP contribution < -0.4 is 5.32 Å². The average molecular weight is 377 g/mol. The topological polar surface area (TPSA) is 73.2 Å². The van der Waals surface area contributed by atoms with E-state index in [1.807, 2.05) is 36.4 Å². The Morgan fingerprint density at radius 3 is 2.50 bits per heavy atom. The van der Waals surface area contributed by atoms with Crippen LogP contribution in [-0.4, -0.2) is 29.3 Å². The smallest absolute Gasteiger partial charge is 0.271 e. The van der Waals surface area contributed by atoms with Gasteiger partial charge in [0.1, 0.15) is 23.1 Å². The van der Waals surface area contributed by atoms with Crippen LogP contribution in [-0.2, 0) is 16.0 Å². The minimum atomic E-state index is -1.07. The van der Waals surface area contributed by atoms with Crippen molar-refractivity contribution in [3.05, 3.63) is 76.7 Å². The molecule has 0 aliphatic carbocycles. The molecule has 2 amide bonds. The molecule has 1 saturated heterocycles. The highest BCUT2D eigenvalue weighted by Crippen LogP contribution is 2.30. The first-order valence-electron chi connectivity index (χ1n) is 8.83. The van der Waals surface area contributed by atoms with E-state index >= 15 is 0 Å². The number of piperazine rings is 1. The van der Waals surface area contributed by atoms with Gasteiger partial charge in [0, 0.05) is 19.0 Å². The molecule has 1 atom stereocenters. The van der Waals surface area contributed by atoms with Crippen LogP contribution >= 0.6 is 0 Å². The molecule has 142 valence electrons. The lowest BCUT2D eigenvalue weighted by atomic mass is 9.87. The zero-order valence-electron chi connectivity index (χ0n) is 15.9. The van der Waals surface area contributed by atoms with E-state index in [9.17, 15) is 19.2 Å². The van der Waals surface area contributed by atoms with Gasteiger partial charge in [0.25, 0.3) is 11.8 Å². The van der Waals surface area contributed by atoms with Crippen molar-refractivity contribution in [2.75, 3.05) is 7.05 Å². The number of halogens is 1. The van der Waals surface area contributed by atoms with E-state index in [1.54, 1.807) is 27.0 Å². The summed E-state index contributed by atoms with van der Waals surface area (Å²) < 4.78 is 14.0. The Morgan fingerprint density at radius 2 is 1.86 bits per heavy atom. The van der Waals surface area contributed by atoms with Gasteiger partial charge in [-0.25, -0.2) is 4.39 Å². The van der Waals surface area contributed by atoms with E-state index in [-0.39, 0.29) is 28.6 Å². The van der Waals surface area contributed by atoms with Crippen molar-refractivity contribution in [2.24, 2.45) is 0 Å². The monoisotopic (exact) mass is 377 g/mol. The van der Waals surface area contributed by atoms with E-state index in [4.69, 9.17) is 0 Å². The molecule has 6 heteroatoms. The fraction of sp³-hybridized carbons (Fsp3) is 0.227. The van der Waals surface area contributed by atoms with Gasteiger partial charge < -0.3 is 10.2 Å². The van der Waals surface area contributed by atoms with Gasteiger partial charge in [0.05, 0.1) is 5.56 Å². The first kappa shape index (κ1) is 19.3. The third kappa shape index (κ3) is 3.16. The molecule has 0 spiro atoms. The Hall–Kier alpha value is -3.46.